The molecule has 4 aromatic rings. The Kier molecular flexibility index (Phi) is 14.1. The van der Waals surface area contributed by atoms with Crippen molar-refractivity contribution in [2.45, 2.75) is 139 Å². The van der Waals surface area contributed by atoms with Crippen LogP contribution in [0.2, 0.25) is 3.63 Å². The number of rotatable bonds is 8. The Hall–Kier alpha value is -2.31. The SMILES string of the molecule is CC(C)(C)c1cc2c(cc1-c1ccccc1)Cc1c-2cc(C(C)(C)C)c(-c2ccccc2)[c]1[Zr+2](=[C](CC1CCCCC1)CC1CCCCC1)[CH]1C=CC=C1.[Cl-].[Cl-]. The van der Waals surface area contributed by atoms with Gasteiger partial charge in [0.1, 0.15) is 0 Å². The Balaban J connectivity index is 0.00000266. The maximum absolute atomic E-state index is 2.69. The minimum absolute atomic E-state index is 0. The molecular formula is C53H64Cl2Zr. The van der Waals surface area contributed by atoms with E-state index in [9.17, 15) is 0 Å². The van der Waals surface area contributed by atoms with Crippen molar-refractivity contribution >= 4 is 6.48 Å². The van der Waals surface area contributed by atoms with Crippen LogP contribution in [0.4, 0.5) is 0 Å². The fraction of sp³-hybridized carbons (Fsp3) is 0.453. The molecule has 0 N–H and O–H groups in total. The molecule has 0 saturated heterocycles. The molecule has 0 atom stereocenters. The molecule has 0 aromatic heterocycles. The number of fused-ring (bicyclic) bond motifs is 3. The zero-order valence-corrected chi connectivity index (χ0v) is 39.0. The van der Waals surface area contributed by atoms with Gasteiger partial charge in [-0.25, -0.2) is 0 Å². The fourth-order valence-electron chi connectivity index (χ4n) is 10.6. The van der Waals surface area contributed by atoms with Crippen molar-refractivity contribution in [1.82, 2.24) is 0 Å². The molecule has 0 amide bonds. The monoisotopic (exact) mass is 860 g/mol. The van der Waals surface area contributed by atoms with Crippen LogP contribution in [0, 0.1) is 11.8 Å². The van der Waals surface area contributed by atoms with Gasteiger partial charge >= 0.3 is 338 Å². The molecule has 0 aliphatic heterocycles. The van der Waals surface area contributed by atoms with Crippen LogP contribution >= 0.6 is 0 Å². The van der Waals surface area contributed by atoms with Crippen LogP contribution in [0.25, 0.3) is 33.4 Å². The maximum atomic E-state index is 2.69. The smallest absolute Gasteiger partial charge is 1.00 e. The molecule has 0 bridgehead atoms. The average molecular weight is 863 g/mol. The molecule has 0 spiro atoms. The summed E-state index contributed by atoms with van der Waals surface area (Å²) in [6.07, 6.45) is 28.3. The number of benzene rings is 4. The van der Waals surface area contributed by atoms with Gasteiger partial charge in [-0.05, 0) is 0 Å². The van der Waals surface area contributed by atoms with E-state index in [1.807, 2.05) is 3.27 Å². The summed E-state index contributed by atoms with van der Waals surface area (Å²) in [5.41, 5.74) is 15.1. The molecule has 0 heterocycles. The largest absolute Gasteiger partial charge is 1.00 e. The van der Waals surface area contributed by atoms with E-state index in [1.54, 1.807) is 22.3 Å². The topological polar surface area (TPSA) is 0 Å². The Labute approximate surface area is 360 Å². The molecule has 56 heavy (non-hydrogen) atoms. The van der Waals surface area contributed by atoms with Crippen LogP contribution in [0.1, 0.15) is 141 Å². The summed E-state index contributed by atoms with van der Waals surface area (Å²) in [6, 6.07) is 30.8. The molecule has 4 aromatic carbocycles. The second-order valence-corrected chi connectivity index (χ2v) is 26.0. The van der Waals surface area contributed by atoms with Gasteiger partial charge in [0.25, 0.3) is 0 Å². The van der Waals surface area contributed by atoms with Crippen LogP contribution in [0.15, 0.2) is 103 Å². The van der Waals surface area contributed by atoms with Crippen molar-refractivity contribution in [2.24, 2.45) is 11.8 Å². The minimum atomic E-state index is -2.65. The molecule has 8 rings (SSSR count). The number of hydrogen-bond acceptors (Lipinski definition) is 0. The first-order valence-corrected chi connectivity index (χ1v) is 25.5. The fourth-order valence-corrected chi connectivity index (χ4v) is 20.2. The summed E-state index contributed by atoms with van der Waals surface area (Å²) in [5, 5.41) is 0. The molecular weight excluding hydrogens is 799 g/mol. The molecule has 294 valence electrons. The molecule has 0 nitrogen and oxygen atoms in total. The van der Waals surface area contributed by atoms with Gasteiger partial charge in [-0.3, -0.25) is 0 Å². The minimum Gasteiger partial charge on any atom is -1.00 e. The molecule has 0 unspecified atom stereocenters. The summed E-state index contributed by atoms with van der Waals surface area (Å²) >= 11 is -2.65. The van der Waals surface area contributed by atoms with Crippen molar-refractivity contribution in [3.63, 3.8) is 0 Å². The van der Waals surface area contributed by atoms with Gasteiger partial charge in [-0.15, -0.1) is 0 Å². The van der Waals surface area contributed by atoms with E-state index in [-0.39, 0.29) is 35.6 Å². The van der Waals surface area contributed by atoms with E-state index in [2.05, 4.69) is 148 Å². The summed E-state index contributed by atoms with van der Waals surface area (Å²) in [5.74, 6) is 1.75. The van der Waals surface area contributed by atoms with Crippen molar-refractivity contribution in [3.8, 4) is 33.4 Å². The van der Waals surface area contributed by atoms with Gasteiger partial charge in [0.2, 0.25) is 0 Å². The molecule has 4 aliphatic rings. The van der Waals surface area contributed by atoms with Gasteiger partial charge in [0.15, 0.2) is 0 Å². The predicted molar refractivity (Wildman–Crippen MR) is 232 cm³/mol. The molecule has 2 saturated carbocycles. The van der Waals surface area contributed by atoms with E-state index in [0.29, 0.717) is 3.63 Å². The molecule has 2 fully saturated rings. The van der Waals surface area contributed by atoms with E-state index in [1.165, 1.54) is 110 Å². The third-order valence-corrected chi connectivity index (χ3v) is 21.5. The Morgan fingerprint density at radius 3 is 1.59 bits per heavy atom. The first-order valence-electron chi connectivity index (χ1n) is 21.6. The van der Waals surface area contributed by atoms with Crippen molar-refractivity contribution in [3.05, 3.63) is 125 Å². The summed E-state index contributed by atoms with van der Waals surface area (Å²) in [4.78, 5) is 0. The van der Waals surface area contributed by atoms with Crippen LogP contribution < -0.4 is 28.1 Å². The Bertz CT molecular complexity index is 2030. The van der Waals surface area contributed by atoms with Gasteiger partial charge < -0.3 is 24.8 Å². The Morgan fingerprint density at radius 2 is 1.07 bits per heavy atom. The standard InChI is InChI=1S/C33H33.C15H26.C5H5.2ClH.Zr/c1-32(2,3)30-20-26-24(18-28(30)22-13-9-7-10-14-22)17-25-19-29(23-15-11-8-12-16-23)31(21-27(25)26)33(4,5)6;1-3-8-14(9-4-1)12-7-13-15-10-5-2-6-11-15;1-2-4-5-3-1;;;/h7-16,18,20-21H,17H2,1-6H3;14-15H,1-6,8-13H2;1-5H;2*1H;/q;;;;;+2/p-2. The van der Waals surface area contributed by atoms with Crippen molar-refractivity contribution in [2.75, 3.05) is 0 Å². The van der Waals surface area contributed by atoms with E-state index in [4.69, 9.17) is 0 Å². The van der Waals surface area contributed by atoms with Crippen LogP contribution in [-0.4, -0.2) is 3.21 Å². The number of allylic oxidation sites excluding steroid dienone is 4. The first kappa shape index (κ1) is 43.3. The number of hydrogen-bond donors (Lipinski definition) is 0. The van der Waals surface area contributed by atoms with Crippen LogP contribution in [-0.2, 0) is 38.5 Å². The third-order valence-electron chi connectivity index (χ3n) is 13.4. The second-order valence-electron chi connectivity index (χ2n) is 19.4. The van der Waals surface area contributed by atoms with Gasteiger partial charge in [0, 0.05) is 0 Å². The van der Waals surface area contributed by atoms with Crippen molar-refractivity contribution in [1.29, 1.82) is 0 Å². The van der Waals surface area contributed by atoms with Crippen LogP contribution in [0.3, 0.4) is 0 Å². The molecule has 0 radical (unpaired) electrons. The predicted octanol–water partition coefficient (Wildman–Crippen LogP) is 8.47. The van der Waals surface area contributed by atoms with Gasteiger partial charge in [-0.2, -0.15) is 0 Å². The maximum Gasteiger partial charge on any atom is -1.00 e. The normalized spacial score (nSPS) is 17.1. The van der Waals surface area contributed by atoms with Crippen molar-refractivity contribution < 1.29 is 46.1 Å². The summed E-state index contributed by atoms with van der Waals surface area (Å²) in [6.45, 7) is 14.7. The van der Waals surface area contributed by atoms with E-state index in [0.717, 1.165) is 18.3 Å². The zero-order valence-electron chi connectivity index (χ0n) is 35.0. The quantitative estimate of drug-likeness (QED) is 0.147. The second kappa shape index (κ2) is 18.3. The Morgan fingerprint density at radius 1 is 0.571 bits per heavy atom. The molecule has 4 aliphatic carbocycles. The molecule has 3 heteroatoms. The zero-order chi connectivity index (χ0) is 37.5. The number of halogens is 2. The summed E-state index contributed by atoms with van der Waals surface area (Å²) in [7, 11) is 0. The van der Waals surface area contributed by atoms with Gasteiger partial charge in [0.05, 0.1) is 0 Å². The van der Waals surface area contributed by atoms with Gasteiger partial charge in [-0.1, -0.05) is 0 Å². The van der Waals surface area contributed by atoms with E-state index < -0.39 is 21.3 Å². The third kappa shape index (κ3) is 9.12. The summed E-state index contributed by atoms with van der Waals surface area (Å²) < 4.78 is 4.51. The van der Waals surface area contributed by atoms with E-state index >= 15 is 0 Å². The first-order chi connectivity index (χ1) is 26.1. The average Bonchev–Trinajstić information content (AvgIpc) is 3.83. The van der Waals surface area contributed by atoms with Crippen LogP contribution in [0.5, 0.6) is 0 Å².